The van der Waals surface area contributed by atoms with Crippen molar-refractivity contribution in [3.63, 3.8) is 0 Å². The molecule has 0 aliphatic heterocycles. The van der Waals surface area contributed by atoms with E-state index in [2.05, 4.69) is 15.6 Å². The van der Waals surface area contributed by atoms with Crippen LogP contribution in [-0.2, 0) is 28.8 Å². The van der Waals surface area contributed by atoms with Crippen molar-refractivity contribution in [3.05, 3.63) is 0 Å². The summed E-state index contributed by atoms with van der Waals surface area (Å²) in [6.07, 6.45) is -1.45. The van der Waals surface area contributed by atoms with Gasteiger partial charge in [0.2, 0.25) is 23.6 Å². The van der Waals surface area contributed by atoms with Gasteiger partial charge >= 0.3 is 11.9 Å². The largest absolute Gasteiger partial charge is 0.481 e. The van der Waals surface area contributed by atoms with E-state index in [0.29, 0.717) is 0 Å². The number of nitrogens with zero attached hydrogens (tertiary/aromatic N) is 1. The van der Waals surface area contributed by atoms with Crippen molar-refractivity contribution < 1.29 is 39.0 Å². The van der Waals surface area contributed by atoms with Gasteiger partial charge in [0.15, 0.2) is 5.96 Å². The van der Waals surface area contributed by atoms with Crippen LogP contribution < -0.4 is 38.9 Å². The van der Waals surface area contributed by atoms with Gasteiger partial charge < -0.3 is 49.1 Å². The minimum atomic E-state index is -1.77. The van der Waals surface area contributed by atoms with Crippen molar-refractivity contribution in [3.8, 4) is 0 Å². The van der Waals surface area contributed by atoms with Gasteiger partial charge in [-0.05, 0) is 12.8 Å². The standard InChI is InChI=1S/C16H28N8O8/c17-6-11(26)22-8(4-10(18)25)14(30)23-7(2-1-3-21-16(19)20)13(29)24-9(15(31)32)5-12(27)28/h7-9H,1-6,17H2,(H2,18,25)(H,22,26)(H,23,30)(H,24,29)(H,27,28)(H,31,32)(H4,19,20,21). The SMILES string of the molecule is NCC(=O)NC(CC(N)=O)C(=O)NC(CCCN=C(N)N)C(=O)NC(CC(=O)O)C(=O)O. The number of carboxylic acids is 2. The monoisotopic (exact) mass is 460 g/mol. The normalized spacial score (nSPS) is 13.0. The molecule has 0 radical (unpaired) electrons. The van der Waals surface area contributed by atoms with Crippen LogP contribution in [0.5, 0.6) is 0 Å². The zero-order valence-corrected chi connectivity index (χ0v) is 17.1. The summed E-state index contributed by atoms with van der Waals surface area (Å²) >= 11 is 0. The predicted octanol–water partition coefficient (Wildman–Crippen LogP) is -5.11. The van der Waals surface area contributed by atoms with Crippen LogP contribution in [-0.4, -0.2) is 83.0 Å². The summed E-state index contributed by atoms with van der Waals surface area (Å²) in [5.41, 5.74) is 20.6. The van der Waals surface area contributed by atoms with Crippen molar-refractivity contribution in [1.29, 1.82) is 0 Å². The molecule has 0 spiro atoms. The van der Waals surface area contributed by atoms with Crippen molar-refractivity contribution in [2.45, 2.75) is 43.8 Å². The number of aliphatic carboxylic acids is 2. The summed E-state index contributed by atoms with van der Waals surface area (Å²) in [5, 5.41) is 24.4. The van der Waals surface area contributed by atoms with E-state index < -0.39 is 73.1 Å². The van der Waals surface area contributed by atoms with Crippen LogP contribution in [0.15, 0.2) is 4.99 Å². The van der Waals surface area contributed by atoms with Gasteiger partial charge in [0.1, 0.15) is 18.1 Å². The Morgan fingerprint density at radius 3 is 1.84 bits per heavy atom. The molecule has 13 N–H and O–H groups in total. The van der Waals surface area contributed by atoms with E-state index in [1.54, 1.807) is 0 Å². The van der Waals surface area contributed by atoms with E-state index in [-0.39, 0.29) is 25.3 Å². The number of primary amides is 1. The third-order valence-electron chi connectivity index (χ3n) is 3.81. The number of hydrogen-bond donors (Lipinski definition) is 9. The molecule has 32 heavy (non-hydrogen) atoms. The van der Waals surface area contributed by atoms with Crippen LogP contribution >= 0.6 is 0 Å². The highest BCUT2D eigenvalue weighted by molar-refractivity contribution is 5.96. The molecule has 0 aromatic heterocycles. The molecule has 3 unspecified atom stereocenters. The van der Waals surface area contributed by atoms with Gasteiger partial charge in [-0.3, -0.25) is 29.0 Å². The molecule has 0 aromatic carbocycles. The first-order chi connectivity index (χ1) is 14.9. The fourth-order valence-corrected chi connectivity index (χ4v) is 2.36. The third-order valence-corrected chi connectivity index (χ3v) is 3.81. The van der Waals surface area contributed by atoms with Crippen molar-refractivity contribution in [1.82, 2.24) is 16.0 Å². The van der Waals surface area contributed by atoms with Crippen molar-refractivity contribution in [2.75, 3.05) is 13.1 Å². The molecule has 0 aromatic rings. The zero-order chi connectivity index (χ0) is 24.8. The lowest BCUT2D eigenvalue weighted by Crippen LogP contribution is -2.57. The Labute approximate surface area is 182 Å². The molecule has 0 aliphatic rings. The third kappa shape index (κ3) is 11.9. The Bertz CT molecular complexity index is 752. The predicted molar refractivity (Wildman–Crippen MR) is 108 cm³/mol. The van der Waals surface area contributed by atoms with Gasteiger partial charge in [0.25, 0.3) is 0 Å². The number of nitrogens with one attached hydrogen (secondary N) is 3. The molecule has 16 heteroatoms. The molecule has 0 bridgehead atoms. The van der Waals surface area contributed by atoms with Gasteiger partial charge in [-0.15, -0.1) is 0 Å². The van der Waals surface area contributed by atoms with Crippen LogP contribution in [0, 0.1) is 0 Å². The van der Waals surface area contributed by atoms with Crippen LogP contribution in [0.2, 0.25) is 0 Å². The number of aliphatic imine (C=N–C) groups is 1. The lowest BCUT2D eigenvalue weighted by molar-refractivity contribution is -0.147. The molecule has 4 amide bonds. The van der Waals surface area contributed by atoms with E-state index in [4.69, 9.17) is 33.1 Å². The summed E-state index contributed by atoms with van der Waals surface area (Å²) in [7, 11) is 0. The molecule has 0 aliphatic carbocycles. The first kappa shape index (κ1) is 28.0. The maximum Gasteiger partial charge on any atom is 0.326 e. The second-order valence-electron chi connectivity index (χ2n) is 6.50. The molecule has 0 heterocycles. The highest BCUT2D eigenvalue weighted by atomic mass is 16.4. The highest BCUT2D eigenvalue weighted by Gasteiger charge is 2.30. The summed E-state index contributed by atoms with van der Waals surface area (Å²) in [5.74, 6) is -6.98. The fourth-order valence-electron chi connectivity index (χ4n) is 2.36. The Morgan fingerprint density at radius 2 is 1.38 bits per heavy atom. The number of hydrogen-bond acceptors (Lipinski definition) is 8. The summed E-state index contributed by atoms with van der Waals surface area (Å²) < 4.78 is 0. The minimum absolute atomic E-state index is 0.0636. The lowest BCUT2D eigenvalue weighted by atomic mass is 10.1. The van der Waals surface area contributed by atoms with E-state index in [9.17, 15) is 28.8 Å². The fraction of sp³-hybridized carbons (Fsp3) is 0.562. The Kier molecular flexibility index (Phi) is 12.4. The summed E-state index contributed by atoms with van der Waals surface area (Å²) in [6, 6.07) is -4.60. The van der Waals surface area contributed by atoms with E-state index in [1.165, 1.54) is 0 Å². The Balaban J connectivity index is 5.52. The molecule has 3 atom stereocenters. The molecular weight excluding hydrogens is 432 g/mol. The van der Waals surface area contributed by atoms with Crippen molar-refractivity contribution in [2.24, 2.45) is 27.9 Å². The van der Waals surface area contributed by atoms with E-state index in [0.717, 1.165) is 0 Å². The van der Waals surface area contributed by atoms with Crippen LogP contribution in [0.25, 0.3) is 0 Å². The maximum atomic E-state index is 12.6. The first-order valence-electron chi connectivity index (χ1n) is 9.25. The molecule has 0 rings (SSSR count). The van der Waals surface area contributed by atoms with Gasteiger partial charge in [-0.25, -0.2) is 4.79 Å². The molecule has 180 valence electrons. The number of guanidine groups is 1. The average Bonchev–Trinajstić information content (AvgIpc) is 2.67. The second-order valence-corrected chi connectivity index (χ2v) is 6.50. The van der Waals surface area contributed by atoms with Gasteiger partial charge in [-0.1, -0.05) is 0 Å². The minimum Gasteiger partial charge on any atom is -0.481 e. The topological polar surface area (TPSA) is 295 Å². The Hall–Kier alpha value is -3.95. The number of amides is 4. The lowest BCUT2D eigenvalue weighted by Gasteiger charge is -2.23. The average molecular weight is 460 g/mol. The van der Waals surface area contributed by atoms with Crippen LogP contribution in [0.4, 0.5) is 0 Å². The van der Waals surface area contributed by atoms with E-state index >= 15 is 0 Å². The van der Waals surface area contributed by atoms with Crippen molar-refractivity contribution >= 4 is 41.5 Å². The number of rotatable bonds is 15. The number of carboxylic acid groups (broad SMARTS) is 2. The Morgan fingerprint density at radius 1 is 0.812 bits per heavy atom. The molecule has 0 fully saturated rings. The van der Waals surface area contributed by atoms with Crippen LogP contribution in [0.1, 0.15) is 25.7 Å². The van der Waals surface area contributed by atoms with Crippen LogP contribution in [0.3, 0.4) is 0 Å². The summed E-state index contributed by atoms with van der Waals surface area (Å²) in [6.45, 7) is -0.422. The number of carbonyl (C=O) groups excluding carboxylic acids is 4. The van der Waals surface area contributed by atoms with E-state index in [1.807, 2.05) is 5.32 Å². The molecular formula is C16H28N8O8. The number of nitrogens with two attached hydrogens (primary N) is 4. The molecule has 0 saturated carbocycles. The number of carbonyl (C=O) groups is 6. The smallest absolute Gasteiger partial charge is 0.326 e. The maximum absolute atomic E-state index is 12.6. The van der Waals surface area contributed by atoms with Gasteiger partial charge in [-0.2, -0.15) is 0 Å². The van der Waals surface area contributed by atoms with Gasteiger partial charge in [0, 0.05) is 6.54 Å². The first-order valence-corrected chi connectivity index (χ1v) is 9.25. The zero-order valence-electron chi connectivity index (χ0n) is 17.1. The second kappa shape index (κ2) is 14.1. The van der Waals surface area contributed by atoms with Gasteiger partial charge in [0.05, 0.1) is 19.4 Å². The summed E-state index contributed by atoms with van der Waals surface area (Å²) in [4.78, 5) is 73.6. The highest BCUT2D eigenvalue weighted by Crippen LogP contribution is 2.03. The molecule has 16 nitrogen and oxygen atoms in total. The molecule has 0 saturated heterocycles. The quantitative estimate of drug-likeness (QED) is 0.0632.